The summed E-state index contributed by atoms with van der Waals surface area (Å²) in [7, 11) is 0. The normalized spacial score (nSPS) is 17.6. The third-order valence-electron chi connectivity index (χ3n) is 4.97. The molecule has 0 N–H and O–H groups in total. The number of benzene rings is 1. The largest absolute Gasteiger partial charge is 0.573 e. The van der Waals surface area contributed by atoms with Crippen molar-refractivity contribution in [2.75, 3.05) is 32.7 Å². The van der Waals surface area contributed by atoms with Crippen molar-refractivity contribution < 1.29 is 17.9 Å². The third kappa shape index (κ3) is 5.94. The van der Waals surface area contributed by atoms with Gasteiger partial charge in [0.05, 0.1) is 0 Å². The van der Waals surface area contributed by atoms with Crippen molar-refractivity contribution in [2.24, 2.45) is 0 Å². The van der Waals surface area contributed by atoms with Crippen LogP contribution in [-0.4, -0.2) is 53.9 Å². The summed E-state index contributed by atoms with van der Waals surface area (Å²) in [5.74, 6) is -0.157. The number of hydrogen-bond donors (Lipinski definition) is 0. The minimum Gasteiger partial charge on any atom is -0.406 e. The molecule has 0 aliphatic carbocycles. The molecule has 7 heteroatoms. The van der Waals surface area contributed by atoms with Crippen LogP contribution in [0, 0.1) is 0 Å². The van der Waals surface area contributed by atoms with Crippen LogP contribution in [0.15, 0.2) is 48.8 Å². The molecule has 146 valence electrons. The van der Waals surface area contributed by atoms with Gasteiger partial charge in [-0.05, 0) is 42.7 Å². The first-order valence-electron chi connectivity index (χ1n) is 9.12. The summed E-state index contributed by atoms with van der Waals surface area (Å²) in [5, 5.41) is 0. The van der Waals surface area contributed by atoms with E-state index in [1.54, 1.807) is 12.3 Å². The van der Waals surface area contributed by atoms with Gasteiger partial charge in [0.2, 0.25) is 0 Å². The van der Waals surface area contributed by atoms with Gasteiger partial charge in [-0.25, -0.2) is 0 Å². The van der Waals surface area contributed by atoms with Crippen LogP contribution in [0.5, 0.6) is 5.75 Å². The summed E-state index contributed by atoms with van der Waals surface area (Å²) in [4.78, 5) is 8.98. The van der Waals surface area contributed by atoms with Crippen LogP contribution < -0.4 is 4.74 Å². The maximum Gasteiger partial charge on any atom is 0.573 e. The highest BCUT2D eigenvalue weighted by Gasteiger charge is 2.31. The van der Waals surface area contributed by atoms with Crippen molar-refractivity contribution in [1.82, 2.24) is 14.8 Å². The Labute approximate surface area is 157 Å². The SMILES string of the molecule is CC(c1cccnc1)N1CCN(CCc2cccc(OC(F)(F)F)c2)CC1. The van der Waals surface area contributed by atoms with Gasteiger partial charge in [0.1, 0.15) is 5.75 Å². The smallest absolute Gasteiger partial charge is 0.406 e. The topological polar surface area (TPSA) is 28.6 Å². The standard InChI is InChI=1S/C20H24F3N3O/c1-16(18-5-3-8-24-15-18)26-12-10-25(11-13-26)9-7-17-4-2-6-19(14-17)27-20(21,22)23/h2-6,8,14-16H,7,9-13H2,1H3. The van der Waals surface area contributed by atoms with Crippen LogP contribution in [0.2, 0.25) is 0 Å². The maximum atomic E-state index is 12.3. The van der Waals surface area contributed by atoms with E-state index >= 15 is 0 Å². The monoisotopic (exact) mass is 379 g/mol. The summed E-state index contributed by atoms with van der Waals surface area (Å²) in [6.07, 6.45) is -0.261. The Bertz CT molecular complexity index is 716. The fourth-order valence-electron chi connectivity index (χ4n) is 3.39. The second kappa shape index (κ2) is 8.71. The zero-order chi connectivity index (χ0) is 19.3. The zero-order valence-electron chi connectivity index (χ0n) is 15.3. The van der Waals surface area contributed by atoms with E-state index in [2.05, 4.69) is 32.5 Å². The predicted octanol–water partition coefficient (Wildman–Crippen LogP) is 3.90. The molecule has 0 bridgehead atoms. The number of hydrogen-bond acceptors (Lipinski definition) is 4. The summed E-state index contributed by atoms with van der Waals surface area (Å²) < 4.78 is 41.0. The van der Waals surface area contributed by atoms with Crippen molar-refractivity contribution in [3.05, 3.63) is 59.9 Å². The molecule has 0 amide bonds. The number of rotatable bonds is 6. The molecule has 1 aliphatic heterocycles. The molecular weight excluding hydrogens is 355 g/mol. The molecule has 1 fully saturated rings. The molecular formula is C20H24F3N3O. The van der Waals surface area contributed by atoms with E-state index in [0.29, 0.717) is 12.5 Å². The maximum absolute atomic E-state index is 12.3. The van der Waals surface area contributed by atoms with Gasteiger partial charge in [-0.3, -0.25) is 9.88 Å². The summed E-state index contributed by atoms with van der Waals surface area (Å²) in [5.41, 5.74) is 2.07. The summed E-state index contributed by atoms with van der Waals surface area (Å²) in [6.45, 7) is 6.84. The fraction of sp³-hybridized carbons (Fsp3) is 0.450. The Kier molecular flexibility index (Phi) is 6.34. The Morgan fingerprint density at radius 2 is 1.89 bits per heavy atom. The molecule has 0 saturated carbocycles. The van der Waals surface area contributed by atoms with Crippen LogP contribution >= 0.6 is 0 Å². The van der Waals surface area contributed by atoms with E-state index in [0.717, 1.165) is 38.3 Å². The molecule has 1 atom stereocenters. The van der Waals surface area contributed by atoms with Crippen molar-refractivity contribution in [1.29, 1.82) is 0 Å². The predicted molar refractivity (Wildman–Crippen MR) is 97.5 cm³/mol. The molecule has 1 unspecified atom stereocenters. The van der Waals surface area contributed by atoms with Crippen molar-refractivity contribution >= 4 is 0 Å². The van der Waals surface area contributed by atoms with Crippen molar-refractivity contribution in [2.45, 2.75) is 25.7 Å². The average molecular weight is 379 g/mol. The van der Waals surface area contributed by atoms with E-state index in [4.69, 9.17) is 0 Å². The number of alkyl halides is 3. The van der Waals surface area contributed by atoms with Crippen LogP contribution in [0.25, 0.3) is 0 Å². The highest BCUT2D eigenvalue weighted by atomic mass is 19.4. The molecule has 0 spiro atoms. The Hall–Kier alpha value is -2.12. The first-order chi connectivity index (χ1) is 12.9. The lowest BCUT2D eigenvalue weighted by molar-refractivity contribution is -0.274. The lowest BCUT2D eigenvalue weighted by atomic mass is 10.1. The van der Waals surface area contributed by atoms with E-state index < -0.39 is 6.36 Å². The highest BCUT2D eigenvalue weighted by molar-refractivity contribution is 5.28. The molecule has 3 rings (SSSR count). The Balaban J connectivity index is 1.47. The van der Waals surface area contributed by atoms with E-state index in [9.17, 15) is 13.2 Å². The lowest BCUT2D eigenvalue weighted by Crippen LogP contribution is -2.47. The van der Waals surface area contributed by atoms with E-state index in [-0.39, 0.29) is 5.75 Å². The van der Waals surface area contributed by atoms with Gasteiger partial charge < -0.3 is 9.64 Å². The Morgan fingerprint density at radius 3 is 2.56 bits per heavy atom. The van der Waals surface area contributed by atoms with Crippen molar-refractivity contribution in [3.63, 3.8) is 0 Å². The number of nitrogens with zero attached hydrogens (tertiary/aromatic N) is 3. The van der Waals surface area contributed by atoms with Gasteiger partial charge in [-0.1, -0.05) is 18.2 Å². The molecule has 4 nitrogen and oxygen atoms in total. The van der Waals surface area contributed by atoms with Gasteiger partial charge >= 0.3 is 6.36 Å². The molecule has 2 aromatic rings. The molecule has 1 aliphatic rings. The highest BCUT2D eigenvalue weighted by Crippen LogP contribution is 2.24. The van der Waals surface area contributed by atoms with Crippen LogP contribution in [0.4, 0.5) is 13.2 Å². The number of halogens is 3. The van der Waals surface area contributed by atoms with Gasteiger partial charge in [0, 0.05) is 51.2 Å². The molecule has 1 aromatic heterocycles. The zero-order valence-corrected chi connectivity index (χ0v) is 15.3. The second-order valence-corrected chi connectivity index (χ2v) is 6.79. The van der Waals surface area contributed by atoms with E-state index in [1.807, 2.05) is 18.3 Å². The molecule has 0 radical (unpaired) electrons. The van der Waals surface area contributed by atoms with Gasteiger partial charge in [0.25, 0.3) is 0 Å². The van der Waals surface area contributed by atoms with Crippen molar-refractivity contribution in [3.8, 4) is 5.75 Å². The number of piperazine rings is 1. The van der Waals surface area contributed by atoms with E-state index in [1.165, 1.54) is 17.7 Å². The summed E-state index contributed by atoms with van der Waals surface area (Å²) >= 11 is 0. The fourth-order valence-corrected chi connectivity index (χ4v) is 3.39. The molecule has 1 aromatic carbocycles. The van der Waals surface area contributed by atoms with Crippen LogP contribution in [0.1, 0.15) is 24.1 Å². The van der Waals surface area contributed by atoms with Crippen LogP contribution in [0.3, 0.4) is 0 Å². The number of pyridine rings is 1. The quantitative estimate of drug-likeness (QED) is 0.761. The average Bonchev–Trinajstić information content (AvgIpc) is 2.66. The van der Waals surface area contributed by atoms with Gasteiger partial charge in [0.15, 0.2) is 0 Å². The third-order valence-corrected chi connectivity index (χ3v) is 4.97. The van der Waals surface area contributed by atoms with Crippen LogP contribution in [-0.2, 0) is 6.42 Å². The number of aromatic nitrogens is 1. The minimum atomic E-state index is -4.65. The summed E-state index contributed by atoms with van der Waals surface area (Å²) in [6, 6.07) is 10.6. The molecule has 1 saturated heterocycles. The van der Waals surface area contributed by atoms with Gasteiger partial charge in [-0.2, -0.15) is 0 Å². The molecule has 2 heterocycles. The molecule has 27 heavy (non-hydrogen) atoms. The Morgan fingerprint density at radius 1 is 1.11 bits per heavy atom. The first kappa shape index (κ1) is 19.6. The first-order valence-corrected chi connectivity index (χ1v) is 9.12. The lowest BCUT2D eigenvalue weighted by Gasteiger charge is -2.38. The number of ether oxygens (including phenoxy) is 1. The minimum absolute atomic E-state index is 0.157. The van der Waals surface area contributed by atoms with Gasteiger partial charge in [-0.15, -0.1) is 13.2 Å². The second-order valence-electron chi connectivity index (χ2n) is 6.79.